The van der Waals surface area contributed by atoms with Crippen LogP contribution < -0.4 is 0 Å². The maximum absolute atomic E-state index is 3.05. The number of hydrogen-bond donors (Lipinski definition) is 0. The number of unbranched alkanes of at least 4 members (excludes halogenated alkanes) is 7. The smallest absolute Gasteiger partial charge is 0.0345 e. The zero-order valence-corrected chi connectivity index (χ0v) is 8.73. The van der Waals surface area contributed by atoms with Gasteiger partial charge in [-0.05, 0) is 19.8 Å². The van der Waals surface area contributed by atoms with Gasteiger partial charge < -0.3 is 0 Å². The lowest BCUT2D eigenvalue weighted by Crippen LogP contribution is -1.78. The lowest BCUT2D eigenvalue weighted by Gasteiger charge is -1.98. The van der Waals surface area contributed by atoms with Gasteiger partial charge in [-0.25, -0.2) is 0 Å². The van der Waals surface area contributed by atoms with Crippen LogP contribution in [0.3, 0.4) is 0 Å². The molecule has 0 amide bonds. The Morgan fingerprint density at radius 2 is 1.50 bits per heavy atom. The van der Waals surface area contributed by atoms with Gasteiger partial charge in [-0.15, -0.1) is 0 Å². The van der Waals surface area contributed by atoms with Crippen molar-refractivity contribution in [2.45, 2.75) is 65.2 Å². The Bertz CT molecular complexity index is 92.2. The maximum atomic E-state index is 3.05. The third-order valence-corrected chi connectivity index (χ3v) is 2.16. The SMILES string of the molecule is C/[C]=C\CCCCCCCCC. The van der Waals surface area contributed by atoms with Crippen molar-refractivity contribution in [1.82, 2.24) is 0 Å². The maximum Gasteiger partial charge on any atom is -0.0345 e. The van der Waals surface area contributed by atoms with Crippen LogP contribution in [-0.4, -0.2) is 0 Å². The predicted octanol–water partition coefficient (Wildman–Crippen LogP) is 4.51. The van der Waals surface area contributed by atoms with Crippen LogP contribution in [0.15, 0.2) is 6.08 Å². The topological polar surface area (TPSA) is 0 Å². The monoisotopic (exact) mass is 167 g/mol. The Balaban J connectivity index is 2.81. The third kappa shape index (κ3) is 9.74. The van der Waals surface area contributed by atoms with Crippen LogP contribution in [0.2, 0.25) is 0 Å². The molecule has 0 atom stereocenters. The van der Waals surface area contributed by atoms with E-state index in [9.17, 15) is 0 Å². The summed E-state index contributed by atoms with van der Waals surface area (Å²) < 4.78 is 0. The van der Waals surface area contributed by atoms with Gasteiger partial charge in [0.25, 0.3) is 0 Å². The van der Waals surface area contributed by atoms with Gasteiger partial charge in [-0.1, -0.05) is 57.6 Å². The van der Waals surface area contributed by atoms with Gasteiger partial charge in [0.05, 0.1) is 0 Å². The summed E-state index contributed by atoms with van der Waals surface area (Å²) >= 11 is 0. The lowest BCUT2D eigenvalue weighted by molar-refractivity contribution is 0.592. The summed E-state index contributed by atoms with van der Waals surface area (Å²) in [7, 11) is 0. The van der Waals surface area contributed by atoms with Crippen molar-refractivity contribution in [1.29, 1.82) is 0 Å². The van der Waals surface area contributed by atoms with Gasteiger partial charge in [0.15, 0.2) is 0 Å². The molecular weight excluding hydrogens is 144 g/mol. The molecule has 0 heteroatoms. The molecule has 0 spiro atoms. The van der Waals surface area contributed by atoms with E-state index >= 15 is 0 Å². The van der Waals surface area contributed by atoms with Gasteiger partial charge in [-0.2, -0.15) is 0 Å². The molecule has 0 saturated carbocycles. The van der Waals surface area contributed by atoms with Gasteiger partial charge in [0.2, 0.25) is 0 Å². The Kier molecular flexibility index (Phi) is 10.5. The molecule has 0 aliphatic rings. The van der Waals surface area contributed by atoms with E-state index < -0.39 is 0 Å². The molecule has 0 N–H and O–H groups in total. The van der Waals surface area contributed by atoms with Crippen LogP contribution in [0.1, 0.15) is 65.2 Å². The zero-order valence-electron chi connectivity index (χ0n) is 8.73. The molecule has 0 heterocycles. The molecule has 12 heavy (non-hydrogen) atoms. The largest absolute Gasteiger partial charge is 0.0813 e. The van der Waals surface area contributed by atoms with Crippen molar-refractivity contribution in [3.63, 3.8) is 0 Å². The van der Waals surface area contributed by atoms with Crippen molar-refractivity contribution in [2.75, 3.05) is 0 Å². The van der Waals surface area contributed by atoms with E-state index in [2.05, 4.69) is 19.1 Å². The lowest BCUT2D eigenvalue weighted by atomic mass is 10.1. The van der Waals surface area contributed by atoms with Gasteiger partial charge >= 0.3 is 0 Å². The second-order valence-corrected chi connectivity index (χ2v) is 3.40. The summed E-state index contributed by atoms with van der Waals surface area (Å²) in [5, 5.41) is 0. The van der Waals surface area contributed by atoms with Crippen molar-refractivity contribution in [2.24, 2.45) is 0 Å². The van der Waals surface area contributed by atoms with Crippen LogP contribution in [0, 0.1) is 6.08 Å². The molecule has 0 rings (SSSR count). The average molecular weight is 167 g/mol. The first-order valence-corrected chi connectivity index (χ1v) is 5.40. The fourth-order valence-corrected chi connectivity index (χ4v) is 1.35. The van der Waals surface area contributed by atoms with Crippen LogP contribution in [-0.2, 0) is 0 Å². The van der Waals surface area contributed by atoms with Crippen LogP contribution in [0.4, 0.5) is 0 Å². The summed E-state index contributed by atoms with van der Waals surface area (Å²) in [6.07, 6.45) is 16.3. The first-order valence-electron chi connectivity index (χ1n) is 5.40. The molecule has 0 bridgehead atoms. The second kappa shape index (κ2) is 10.7. The highest BCUT2D eigenvalue weighted by molar-refractivity contribution is 4.68. The summed E-state index contributed by atoms with van der Waals surface area (Å²) in [5.74, 6) is 0. The highest BCUT2D eigenvalue weighted by Crippen LogP contribution is 2.08. The molecule has 0 unspecified atom stereocenters. The standard InChI is InChI=1S/C12H23/c1-3-5-7-9-11-12-10-8-6-4-2/h6H,3,5,7-12H2,1-2H3. The first kappa shape index (κ1) is 11.7. The molecule has 0 aromatic carbocycles. The van der Waals surface area contributed by atoms with Gasteiger partial charge in [0.1, 0.15) is 0 Å². The fourth-order valence-electron chi connectivity index (χ4n) is 1.35. The molecule has 0 saturated heterocycles. The van der Waals surface area contributed by atoms with Crippen molar-refractivity contribution >= 4 is 0 Å². The van der Waals surface area contributed by atoms with Crippen molar-refractivity contribution in [3.05, 3.63) is 12.2 Å². The van der Waals surface area contributed by atoms with E-state index in [1.807, 2.05) is 6.92 Å². The summed E-state index contributed by atoms with van der Waals surface area (Å²) in [5.41, 5.74) is 0. The highest BCUT2D eigenvalue weighted by Gasteiger charge is 1.88. The third-order valence-electron chi connectivity index (χ3n) is 2.16. The van der Waals surface area contributed by atoms with E-state index in [0.29, 0.717) is 0 Å². The molecular formula is C12H23. The van der Waals surface area contributed by atoms with Gasteiger partial charge in [0, 0.05) is 0 Å². The molecule has 0 fully saturated rings. The Hall–Kier alpha value is -0.260. The minimum atomic E-state index is 1.23. The minimum Gasteiger partial charge on any atom is -0.0813 e. The summed E-state index contributed by atoms with van der Waals surface area (Å²) in [4.78, 5) is 0. The normalized spacial score (nSPS) is 11.2. The molecule has 0 aliphatic carbocycles. The number of rotatable bonds is 8. The molecule has 1 radical (unpaired) electrons. The predicted molar refractivity (Wildman–Crippen MR) is 56.1 cm³/mol. The van der Waals surface area contributed by atoms with Crippen molar-refractivity contribution < 1.29 is 0 Å². The summed E-state index contributed by atoms with van der Waals surface area (Å²) in [6.45, 7) is 4.24. The molecule has 0 aliphatic heterocycles. The second-order valence-electron chi connectivity index (χ2n) is 3.40. The van der Waals surface area contributed by atoms with Crippen LogP contribution in [0.5, 0.6) is 0 Å². The van der Waals surface area contributed by atoms with E-state index in [4.69, 9.17) is 0 Å². The Labute approximate surface area is 78.1 Å². The molecule has 0 nitrogen and oxygen atoms in total. The first-order chi connectivity index (χ1) is 5.91. The fraction of sp³-hybridized carbons (Fsp3) is 0.833. The van der Waals surface area contributed by atoms with E-state index in [1.165, 1.54) is 51.4 Å². The number of allylic oxidation sites excluding steroid dienone is 2. The van der Waals surface area contributed by atoms with Crippen molar-refractivity contribution in [3.8, 4) is 0 Å². The molecule has 71 valence electrons. The van der Waals surface area contributed by atoms with Crippen LogP contribution in [0.25, 0.3) is 0 Å². The Morgan fingerprint density at radius 1 is 0.917 bits per heavy atom. The Morgan fingerprint density at radius 3 is 2.08 bits per heavy atom. The zero-order chi connectivity index (χ0) is 9.07. The van der Waals surface area contributed by atoms with E-state index in [1.54, 1.807) is 0 Å². The number of hydrogen-bond acceptors (Lipinski definition) is 0. The van der Waals surface area contributed by atoms with E-state index in [0.717, 1.165) is 0 Å². The minimum absolute atomic E-state index is 1.23. The summed E-state index contributed by atoms with van der Waals surface area (Å²) in [6, 6.07) is 0. The average Bonchev–Trinajstić information content (AvgIpc) is 2.10. The molecule has 0 aromatic heterocycles. The van der Waals surface area contributed by atoms with Gasteiger partial charge in [-0.3, -0.25) is 0 Å². The highest BCUT2D eigenvalue weighted by atomic mass is 13.9. The molecule has 0 aromatic rings. The van der Waals surface area contributed by atoms with Crippen LogP contribution >= 0.6 is 0 Å². The quantitative estimate of drug-likeness (QED) is 0.467. The van der Waals surface area contributed by atoms with E-state index in [-0.39, 0.29) is 0 Å².